The second-order valence-corrected chi connectivity index (χ2v) is 8.59. The molecule has 0 aliphatic carbocycles. The average molecular weight is 507 g/mol. The zero-order chi connectivity index (χ0) is 26.8. The van der Waals surface area contributed by atoms with Gasteiger partial charge in [-0.3, -0.25) is 14.4 Å². The zero-order valence-corrected chi connectivity index (χ0v) is 20.6. The van der Waals surface area contributed by atoms with E-state index >= 15 is 0 Å². The van der Waals surface area contributed by atoms with Crippen LogP contribution in [0.3, 0.4) is 0 Å². The number of ether oxygens (including phenoxy) is 1. The number of aromatic hydroxyl groups is 1. The van der Waals surface area contributed by atoms with Crippen molar-refractivity contribution in [3.8, 4) is 11.8 Å². The summed E-state index contributed by atoms with van der Waals surface area (Å²) in [5.41, 5.74) is 1.63. The first-order valence-electron chi connectivity index (χ1n) is 11.8. The van der Waals surface area contributed by atoms with Crippen LogP contribution in [0.2, 0.25) is 0 Å². The molecule has 0 unspecified atom stereocenters. The first-order valence-corrected chi connectivity index (χ1v) is 11.8. The number of nitrogens with one attached hydrogen (secondary N) is 1. The van der Waals surface area contributed by atoms with Gasteiger partial charge in [-0.25, -0.2) is 0 Å². The van der Waals surface area contributed by atoms with Crippen molar-refractivity contribution in [1.29, 1.82) is 5.26 Å². The predicted octanol–water partition coefficient (Wildman–Crippen LogP) is 1.18. The number of amides is 3. The van der Waals surface area contributed by atoms with Crippen LogP contribution in [0.15, 0.2) is 54.1 Å². The van der Waals surface area contributed by atoms with Gasteiger partial charge in [0.05, 0.1) is 19.8 Å². The van der Waals surface area contributed by atoms with Gasteiger partial charge in [0.25, 0.3) is 5.91 Å². The lowest BCUT2D eigenvalue weighted by Crippen LogP contribution is -2.56. The molecule has 1 aliphatic rings. The zero-order valence-electron chi connectivity index (χ0n) is 20.6. The van der Waals surface area contributed by atoms with Gasteiger partial charge in [-0.1, -0.05) is 36.4 Å². The summed E-state index contributed by atoms with van der Waals surface area (Å²) in [4.78, 5) is 40.8. The largest absolute Gasteiger partial charge is 0.508 e. The van der Waals surface area contributed by atoms with Crippen LogP contribution in [0.4, 0.5) is 0 Å². The van der Waals surface area contributed by atoms with Gasteiger partial charge in [0.1, 0.15) is 23.4 Å². The molecule has 2 aromatic carbocycles. The molecule has 10 nitrogen and oxygen atoms in total. The fraction of sp³-hybridized carbons (Fsp3) is 0.333. The van der Waals surface area contributed by atoms with Crippen LogP contribution in [0.5, 0.6) is 5.75 Å². The third kappa shape index (κ3) is 7.64. The van der Waals surface area contributed by atoms with Crippen LogP contribution in [0, 0.1) is 11.3 Å². The molecule has 0 aromatic heterocycles. The molecule has 0 spiro atoms. The number of carbonyl (C=O) groups is 3. The maximum Gasteiger partial charge on any atom is 0.264 e. The van der Waals surface area contributed by atoms with Crippen molar-refractivity contribution in [3.05, 3.63) is 70.8 Å². The van der Waals surface area contributed by atoms with Gasteiger partial charge < -0.3 is 30.1 Å². The highest BCUT2D eigenvalue weighted by Gasteiger charge is 2.30. The van der Waals surface area contributed by atoms with Crippen molar-refractivity contribution in [2.24, 2.45) is 0 Å². The summed E-state index contributed by atoms with van der Waals surface area (Å²) in [5, 5.41) is 31.2. The molecule has 1 atom stereocenters. The normalized spacial score (nSPS) is 14.6. The van der Waals surface area contributed by atoms with Gasteiger partial charge in [-0.2, -0.15) is 5.26 Å². The highest BCUT2D eigenvalue weighted by molar-refractivity contribution is 6.01. The number of rotatable bonds is 9. The van der Waals surface area contributed by atoms with E-state index in [4.69, 9.17) is 4.74 Å². The molecule has 37 heavy (non-hydrogen) atoms. The minimum Gasteiger partial charge on any atom is -0.508 e. The van der Waals surface area contributed by atoms with Gasteiger partial charge in [0.2, 0.25) is 11.8 Å². The molecule has 10 heteroatoms. The summed E-state index contributed by atoms with van der Waals surface area (Å²) in [7, 11) is 0. The van der Waals surface area contributed by atoms with E-state index in [2.05, 4.69) is 5.32 Å². The highest BCUT2D eigenvalue weighted by Crippen LogP contribution is 2.20. The minimum absolute atomic E-state index is 0.0101. The van der Waals surface area contributed by atoms with Gasteiger partial charge in [-0.15, -0.1) is 0 Å². The molecule has 3 N–H and O–H groups in total. The van der Waals surface area contributed by atoms with Crippen LogP contribution < -0.4 is 5.32 Å². The summed E-state index contributed by atoms with van der Waals surface area (Å²) in [6, 6.07) is 15.0. The van der Waals surface area contributed by atoms with E-state index in [9.17, 15) is 29.9 Å². The van der Waals surface area contributed by atoms with Crippen molar-refractivity contribution < 1.29 is 29.3 Å². The monoisotopic (exact) mass is 506 g/mol. The molecular formula is C27H30N4O6. The number of piperazine rings is 1. The Bertz CT molecular complexity index is 1180. The number of aliphatic hydroxyl groups is 1. The summed E-state index contributed by atoms with van der Waals surface area (Å²) in [6.45, 7) is 2.19. The molecule has 1 heterocycles. The Balaban J connectivity index is 1.59. The van der Waals surface area contributed by atoms with E-state index in [0.29, 0.717) is 12.2 Å². The smallest absolute Gasteiger partial charge is 0.264 e. The van der Waals surface area contributed by atoms with Crippen molar-refractivity contribution in [2.75, 3.05) is 32.8 Å². The number of hydrogen-bond acceptors (Lipinski definition) is 7. The van der Waals surface area contributed by atoms with E-state index in [-0.39, 0.29) is 68.1 Å². The summed E-state index contributed by atoms with van der Waals surface area (Å²) in [5.74, 6) is -1.20. The maximum absolute atomic E-state index is 13.1. The van der Waals surface area contributed by atoms with Gasteiger partial charge in [0, 0.05) is 38.7 Å². The number of benzene rings is 2. The van der Waals surface area contributed by atoms with Gasteiger partial charge >= 0.3 is 0 Å². The Morgan fingerprint density at radius 1 is 1.11 bits per heavy atom. The van der Waals surface area contributed by atoms with Crippen LogP contribution in [-0.2, 0) is 32.3 Å². The number of aliphatic hydroxyl groups excluding tert-OH is 1. The third-order valence-corrected chi connectivity index (χ3v) is 5.89. The molecule has 0 radical (unpaired) electrons. The van der Waals surface area contributed by atoms with Crippen molar-refractivity contribution in [3.63, 3.8) is 0 Å². The average Bonchev–Trinajstić information content (AvgIpc) is 2.91. The summed E-state index contributed by atoms with van der Waals surface area (Å²) >= 11 is 0. The molecule has 3 amide bonds. The topological polar surface area (TPSA) is 143 Å². The number of carbonyl (C=O) groups excluding carboxylic acids is 3. The molecular weight excluding hydrogens is 476 g/mol. The SMILES string of the molecule is CC(=O)N[C@H](COCc1ccccc1)C(=O)N1CCN(C(=O)/C(C#N)=C/c2ccc(O)c(CO)c2)CC1. The third-order valence-electron chi connectivity index (χ3n) is 5.89. The molecule has 0 bridgehead atoms. The van der Waals surface area contributed by atoms with E-state index in [1.807, 2.05) is 36.4 Å². The van der Waals surface area contributed by atoms with E-state index in [0.717, 1.165) is 5.56 Å². The lowest BCUT2D eigenvalue weighted by molar-refractivity contribution is -0.142. The summed E-state index contributed by atoms with van der Waals surface area (Å²) in [6.07, 6.45) is 1.40. The number of nitrogens with zero attached hydrogens (tertiary/aromatic N) is 3. The lowest BCUT2D eigenvalue weighted by atomic mass is 10.1. The van der Waals surface area contributed by atoms with Gasteiger partial charge in [0.15, 0.2) is 0 Å². The predicted molar refractivity (Wildman–Crippen MR) is 134 cm³/mol. The fourth-order valence-electron chi connectivity index (χ4n) is 3.94. The number of nitriles is 1. The van der Waals surface area contributed by atoms with Crippen molar-refractivity contribution in [1.82, 2.24) is 15.1 Å². The lowest BCUT2D eigenvalue weighted by Gasteiger charge is -2.36. The Morgan fingerprint density at radius 3 is 2.41 bits per heavy atom. The standard InChI is InChI=1S/C27H30N4O6/c1-19(33)29-24(18-37-17-20-5-3-2-4-6-20)27(36)31-11-9-30(10-12-31)26(35)22(15-28)13-21-7-8-25(34)23(14-21)16-32/h2-8,13-14,24,32,34H,9-12,16-18H2,1H3,(H,29,33)/b22-13+/t24-/m1/s1. The molecule has 1 fully saturated rings. The van der Waals surface area contributed by atoms with Gasteiger partial charge in [-0.05, 0) is 29.3 Å². The second kappa shape index (κ2) is 13.2. The Kier molecular flexibility index (Phi) is 9.77. The first kappa shape index (κ1) is 27.4. The van der Waals surface area contributed by atoms with E-state index < -0.39 is 11.9 Å². The second-order valence-electron chi connectivity index (χ2n) is 8.59. The molecule has 3 rings (SSSR count). The van der Waals surface area contributed by atoms with Crippen LogP contribution >= 0.6 is 0 Å². The molecule has 194 valence electrons. The van der Waals surface area contributed by atoms with Crippen molar-refractivity contribution >= 4 is 23.8 Å². The number of hydrogen-bond donors (Lipinski definition) is 3. The fourth-order valence-corrected chi connectivity index (χ4v) is 3.94. The van der Waals surface area contributed by atoms with Crippen LogP contribution in [0.1, 0.15) is 23.6 Å². The summed E-state index contributed by atoms with van der Waals surface area (Å²) < 4.78 is 5.68. The first-order chi connectivity index (χ1) is 17.8. The van der Waals surface area contributed by atoms with Crippen LogP contribution in [0.25, 0.3) is 6.08 Å². The maximum atomic E-state index is 13.1. The quantitative estimate of drug-likeness (QED) is 0.342. The Labute approximate surface area is 215 Å². The molecule has 2 aromatic rings. The van der Waals surface area contributed by atoms with E-state index in [1.165, 1.54) is 36.1 Å². The molecule has 1 saturated heterocycles. The minimum atomic E-state index is -0.853. The Morgan fingerprint density at radius 2 is 1.78 bits per heavy atom. The van der Waals surface area contributed by atoms with Crippen LogP contribution in [-0.4, -0.2) is 76.6 Å². The molecule has 0 saturated carbocycles. The van der Waals surface area contributed by atoms with Crippen molar-refractivity contribution in [2.45, 2.75) is 26.2 Å². The number of phenols is 1. The highest BCUT2D eigenvalue weighted by atomic mass is 16.5. The van der Waals surface area contributed by atoms with E-state index in [1.54, 1.807) is 4.90 Å². The Hall–Kier alpha value is -4.20. The molecule has 1 aliphatic heterocycles.